The molecule has 6 heteroatoms. The molecule has 2 fully saturated rings. The van der Waals surface area contributed by atoms with Crippen LogP contribution in [0.2, 0.25) is 0 Å². The highest BCUT2D eigenvalue weighted by atomic mass is 16.2. The van der Waals surface area contributed by atoms with Gasteiger partial charge < -0.3 is 4.98 Å². The Morgan fingerprint density at radius 3 is 2.76 bits per heavy atom. The zero-order valence-electron chi connectivity index (χ0n) is 12.3. The first kappa shape index (κ1) is 14.3. The van der Waals surface area contributed by atoms with Crippen LogP contribution in [0.4, 0.5) is 0 Å². The van der Waals surface area contributed by atoms with Gasteiger partial charge >= 0.3 is 0 Å². The van der Waals surface area contributed by atoms with Crippen LogP contribution >= 0.6 is 0 Å². The molecular weight excluding hydrogens is 268 g/mol. The Balaban J connectivity index is 1.65. The average molecular weight is 290 g/mol. The lowest BCUT2D eigenvalue weighted by Gasteiger charge is -2.29. The Bertz CT molecular complexity index is 508. The smallest absolute Gasteiger partial charge is 0.247 e. The van der Waals surface area contributed by atoms with Crippen LogP contribution in [0.15, 0.2) is 12.4 Å². The van der Waals surface area contributed by atoms with E-state index in [1.165, 1.54) is 11.3 Å². The normalized spacial score (nSPS) is 25.6. The number of likely N-dealkylation sites (tertiary alicyclic amines) is 1. The molecule has 2 heterocycles. The Hall–Kier alpha value is -1.69. The van der Waals surface area contributed by atoms with Crippen LogP contribution in [-0.2, 0) is 9.59 Å². The molecule has 1 aromatic heterocycles. The molecule has 114 valence electrons. The molecule has 2 atom stereocenters. The molecule has 2 N–H and O–H groups in total. The number of imide groups is 1. The Labute approximate surface area is 124 Å². The van der Waals surface area contributed by atoms with Crippen LogP contribution in [0.5, 0.6) is 0 Å². The van der Waals surface area contributed by atoms with Gasteiger partial charge in [-0.3, -0.25) is 19.8 Å². The van der Waals surface area contributed by atoms with Gasteiger partial charge in [0.25, 0.3) is 0 Å². The van der Waals surface area contributed by atoms with Gasteiger partial charge in [0, 0.05) is 18.4 Å². The van der Waals surface area contributed by atoms with Crippen molar-refractivity contribution in [1.82, 2.24) is 20.2 Å². The van der Waals surface area contributed by atoms with E-state index in [4.69, 9.17) is 0 Å². The maximum atomic E-state index is 12.5. The first-order valence-corrected chi connectivity index (χ1v) is 7.78. The number of rotatable bonds is 4. The van der Waals surface area contributed by atoms with Crippen molar-refractivity contribution in [3.8, 4) is 0 Å². The minimum absolute atomic E-state index is 0.0314. The number of carbonyl (C=O) groups is 2. The number of nitrogens with one attached hydrogen (secondary N) is 2. The third-order valence-corrected chi connectivity index (χ3v) is 4.50. The molecule has 21 heavy (non-hydrogen) atoms. The Morgan fingerprint density at radius 2 is 2.10 bits per heavy atom. The maximum Gasteiger partial charge on any atom is 0.247 e. The van der Waals surface area contributed by atoms with Crippen molar-refractivity contribution in [1.29, 1.82) is 0 Å². The summed E-state index contributed by atoms with van der Waals surface area (Å²) in [5.41, 5.74) is 0. The first-order valence-electron chi connectivity index (χ1n) is 7.78. The lowest BCUT2D eigenvalue weighted by atomic mass is 9.94. The zero-order chi connectivity index (χ0) is 14.8. The van der Waals surface area contributed by atoms with Gasteiger partial charge in [-0.25, -0.2) is 4.98 Å². The van der Waals surface area contributed by atoms with E-state index in [-0.39, 0.29) is 30.3 Å². The van der Waals surface area contributed by atoms with Gasteiger partial charge in [0.2, 0.25) is 11.8 Å². The minimum Gasteiger partial charge on any atom is -0.347 e. The molecule has 1 aliphatic heterocycles. The van der Waals surface area contributed by atoms with Gasteiger partial charge in [0.1, 0.15) is 5.82 Å². The van der Waals surface area contributed by atoms with Gasteiger partial charge in [-0.1, -0.05) is 19.3 Å². The van der Waals surface area contributed by atoms with E-state index < -0.39 is 6.04 Å². The number of aromatic amines is 1. The Kier molecular flexibility index (Phi) is 4.05. The lowest BCUT2D eigenvalue weighted by Crippen LogP contribution is -2.45. The SMILES string of the molecule is CC(NC1CC(=O)N(C2CCCCC2)C1=O)c1ncc[nH]1. The third kappa shape index (κ3) is 2.85. The second kappa shape index (κ2) is 5.97. The molecule has 0 spiro atoms. The van der Waals surface area contributed by atoms with E-state index in [1.54, 1.807) is 12.4 Å². The summed E-state index contributed by atoms with van der Waals surface area (Å²) in [7, 11) is 0. The number of H-pyrrole nitrogens is 1. The molecule has 2 aliphatic rings. The van der Waals surface area contributed by atoms with E-state index in [9.17, 15) is 9.59 Å². The van der Waals surface area contributed by atoms with Crippen LogP contribution in [-0.4, -0.2) is 38.8 Å². The predicted octanol–water partition coefficient (Wildman–Crippen LogP) is 1.52. The number of hydrogen-bond donors (Lipinski definition) is 2. The van der Waals surface area contributed by atoms with Crippen molar-refractivity contribution in [2.75, 3.05) is 0 Å². The number of aromatic nitrogens is 2. The molecule has 2 unspecified atom stereocenters. The minimum atomic E-state index is -0.417. The van der Waals surface area contributed by atoms with Crippen molar-refractivity contribution >= 4 is 11.8 Å². The molecule has 0 bridgehead atoms. The fourth-order valence-corrected chi connectivity index (χ4v) is 3.40. The molecule has 1 aromatic rings. The summed E-state index contributed by atoms with van der Waals surface area (Å²) >= 11 is 0. The quantitative estimate of drug-likeness (QED) is 0.824. The molecule has 0 aromatic carbocycles. The van der Waals surface area contributed by atoms with Crippen LogP contribution in [0.1, 0.15) is 57.3 Å². The molecule has 6 nitrogen and oxygen atoms in total. The van der Waals surface area contributed by atoms with Crippen molar-refractivity contribution in [2.45, 2.75) is 63.6 Å². The number of amides is 2. The highest BCUT2D eigenvalue weighted by Crippen LogP contribution is 2.27. The Morgan fingerprint density at radius 1 is 1.33 bits per heavy atom. The monoisotopic (exact) mass is 290 g/mol. The number of imidazole rings is 1. The van der Waals surface area contributed by atoms with E-state index in [2.05, 4.69) is 15.3 Å². The van der Waals surface area contributed by atoms with E-state index in [0.29, 0.717) is 0 Å². The number of nitrogens with zero attached hydrogens (tertiary/aromatic N) is 2. The highest BCUT2D eigenvalue weighted by Gasteiger charge is 2.42. The second-order valence-corrected chi connectivity index (χ2v) is 6.01. The maximum absolute atomic E-state index is 12.5. The summed E-state index contributed by atoms with van der Waals surface area (Å²) in [5.74, 6) is 0.688. The zero-order valence-corrected chi connectivity index (χ0v) is 12.3. The molecule has 0 radical (unpaired) electrons. The van der Waals surface area contributed by atoms with Crippen LogP contribution in [0, 0.1) is 0 Å². The molecular formula is C15H22N4O2. The number of carbonyl (C=O) groups excluding carboxylic acids is 2. The van der Waals surface area contributed by atoms with Gasteiger partial charge in [-0.2, -0.15) is 0 Å². The summed E-state index contributed by atoms with van der Waals surface area (Å²) < 4.78 is 0. The summed E-state index contributed by atoms with van der Waals surface area (Å²) in [5, 5.41) is 3.22. The molecule has 3 rings (SSSR count). The highest BCUT2D eigenvalue weighted by molar-refractivity contribution is 6.05. The van der Waals surface area contributed by atoms with Crippen molar-refractivity contribution in [3.05, 3.63) is 18.2 Å². The molecule has 1 aliphatic carbocycles. The average Bonchev–Trinajstić information content (AvgIpc) is 3.09. The second-order valence-electron chi connectivity index (χ2n) is 6.01. The fourth-order valence-electron chi connectivity index (χ4n) is 3.40. The van der Waals surface area contributed by atoms with E-state index in [1.807, 2.05) is 6.92 Å². The van der Waals surface area contributed by atoms with Crippen molar-refractivity contribution in [2.24, 2.45) is 0 Å². The standard InChI is InChI=1S/C15H22N4O2/c1-10(14-16-7-8-17-14)18-12-9-13(20)19(15(12)21)11-5-3-2-4-6-11/h7-8,10-12,18H,2-6,9H2,1H3,(H,16,17). The molecule has 2 amide bonds. The summed E-state index contributed by atoms with van der Waals surface area (Å²) in [6, 6.07) is -0.378. The van der Waals surface area contributed by atoms with Gasteiger partial charge in [0.15, 0.2) is 0 Å². The van der Waals surface area contributed by atoms with Crippen LogP contribution in [0.25, 0.3) is 0 Å². The lowest BCUT2D eigenvalue weighted by molar-refractivity contribution is -0.142. The van der Waals surface area contributed by atoms with Gasteiger partial charge in [-0.15, -0.1) is 0 Å². The number of hydrogen-bond acceptors (Lipinski definition) is 4. The van der Waals surface area contributed by atoms with Crippen LogP contribution < -0.4 is 5.32 Å². The van der Waals surface area contributed by atoms with Crippen molar-refractivity contribution < 1.29 is 9.59 Å². The fraction of sp³-hybridized carbons (Fsp3) is 0.667. The largest absolute Gasteiger partial charge is 0.347 e. The summed E-state index contributed by atoms with van der Waals surface area (Å²) in [6.07, 6.45) is 9.05. The third-order valence-electron chi connectivity index (χ3n) is 4.50. The van der Waals surface area contributed by atoms with Gasteiger partial charge in [-0.05, 0) is 19.8 Å². The molecule has 1 saturated heterocycles. The van der Waals surface area contributed by atoms with Crippen LogP contribution in [0.3, 0.4) is 0 Å². The predicted molar refractivity (Wildman–Crippen MR) is 77.3 cm³/mol. The topological polar surface area (TPSA) is 78.1 Å². The van der Waals surface area contributed by atoms with E-state index >= 15 is 0 Å². The molecule has 1 saturated carbocycles. The van der Waals surface area contributed by atoms with Crippen molar-refractivity contribution in [3.63, 3.8) is 0 Å². The van der Waals surface area contributed by atoms with Gasteiger partial charge in [0.05, 0.1) is 18.5 Å². The van der Waals surface area contributed by atoms with E-state index in [0.717, 1.165) is 31.5 Å². The summed E-state index contributed by atoms with van der Waals surface area (Å²) in [4.78, 5) is 33.5. The first-order chi connectivity index (χ1) is 10.2. The summed E-state index contributed by atoms with van der Waals surface area (Å²) in [6.45, 7) is 1.94.